The number of hydrogen-bond donors (Lipinski definition) is 3. The molecule has 0 saturated heterocycles. The molecule has 0 unspecified atom stereocenters. The number of carbonyl (C=O) groups excluding carboxylic acids is 1. The Morgan fingerprint density at radius 2 is 2.17 bits per heavy atom. The Labute approximate surface area is 105 Å². The van der Waals surface area contributed by atoms with Gasteiger partial charge in [-0.2, -0.15) is 13.2 Å². The van der Waals surface area contributed by atoms with Crippen molar-refractivity contribution in [2.45, 2.75) is 5.51 Å². The second-order valence-electron chi connectivity index (χ2n) is 3.25. The predicted molar refractivity (Wildman–Crippen MR) is 64.2 cm³/mol. The minimum Gasteiger partial charge on any atom is -0.397 e. The van der Waals surface area contributed by atoms with Crippen molar-refractivity contribution in [2.24, 2.45) is 5.73 Å². The summed E-state index contributed by atoms with van der Waals surface area (Å²) in [5.41, 5.74) is 6.55. The Morgan fingerprint density at radius 1 is 1.50 bits per heavy atom. The lowest BCUT2D eigenvalue weighted by atomic mass is 10.2. The second kappa shape index (κ2) is 5.80. The number of alkyl halides is 3. The zero-order valence-corrected chi connectivity index (χ0v) is 9.94. The first kappa shape index (κ1) is 14.4. The van der Waals surface area contributed by atoms with Gasteiger partial charge in [0.05, 0.1) is 17.4 Å². The fourth-order valence-corrected chi connectivity index (χ4v) is 1.58. The van der Waals surface area contributed by atoms with E-state index < -0.39 is 11.4 Å². The topological polar surface area (TPSA) is 94.0 Å². The molecule has 5 N–H and O–H groups in total. The molecule has 1 aromatic rings. The number of halogens is 3. The van der Waals surface area contributed by atoms with Gasteiger partial charge in [-0.15, -0.1) is 0 Å². The molecule has 1 aromatic heterocycles. The van der Waals surface area contributed by atoms with Gasteiger partial charge in [-0.1, -0.05) is 0 Å². The third-order valence-corrected chi connectivity index (χ3v) is 2.57. The summed E-state index contributed by atoms with van der Waals surface area (Å²) < 4.78 is 35.6. The molecule has 1 amide bonds. The number of nitrogens with two attached hydrogens (primary N) is 2. The summed E-state index contributed by atoms with van der Waals surface area (Å²) in [7, 11) is 0. The first-order valence-corrected chi connectivity index (χ1v) is 5.78. The average molecular weight is 280 g/mol. The summed E-state index contributed by atoms with van der Waals surface area (Å²) in [6.07, 6.45) is 1.28. The van der Waals surface area contributed by atoms with Crippen LogP contribution in [-0.4, -0.2) is 28.7 Å². The van der Waals surface area contributed by atoms with Crippen LogP contribution in [0, 0.1) is 0 Å². The first-order valence-electron chi connectivity index (χ1n) is 4.79. The van der Waals surface area contributed by atoms with Crippen molar-refractivity contribution < 1.29 is 18.0 Å². The molecular weight excluding hydrogens is 269 g/mol. The van der Waals surface area contributed by atoms with E-state index in [1.165, 1.54) is 12.3 Å². The molecule has 0 fully saturated rings. The van der Waals surface area contributed by atoms with E-state index in [1.54, 1.807) is 0 Å². The summed E-state index contributed by atoms with van der Waals surface area (Å²) in [5.74, 6) is -0.825. The van der Waals surface area contributed by atoms with Crippen molar-refractivity contribution in [3.63, 3.8) is 0 Å². The van der Waals surface area contributed by atoms with Crippen molar-refractivity contribution in [2.75, 3.05) is 23.3 Å². The fourth-order valence-electron chi connectivity index (χ4n) is 1.15. The maximum absolute atomic E-state index is 11.9. The molecular formula is C9H11F3N4OS. The number of carbonyl (C=O) groups is 1. The van der Waals surface area contributed by atoms with E-state index in [0.717, 1.165) is 0 Å². The molecule has 0 spiro atoms. The minimum atomic E-state index is -4.28. The van der Waals surface area contributed by atoms with E-state index in [4.69, 9.17) is 11.5 Å². The molecule has 0 aliphatic rings. The van der Waals surface area contributed by atoms with Gasteiger partial charge in [-0.25, -0.2) is 4.98 Å². The van der Waals surface area contributed by atoms with Gasteiger partial charge in [0.2, 0.25) is 0 Å². The van der Waals surface area contributed by atoms with Crippen LogP contribution in [0.5, 0.6) is 0 Å². The summed E-state index contributed by atoms with van der Waals surface area (Å²) in [6.45, 7) is 0.00136. The number of primary amides is 1. The van der Waals surface area contributed by atoms with Crippen LogP contribution in [0.4, 0.5) is 24.7 Å². The largest absolute Gasteiger partial charge is 0.441 e. The van der Waals surface area contributed by atoms with Crippen LogP contribution >= 0.6 is 11.8 Å². The van der Waals surface area contributed by atoms with Gasteiger partial charge in [0.15, 0.2) is 0 Å². The van der Waals surface area contributed by atoms with Gasteiger partial charge in [0.1, 0.15) is 5.82 Å². The van der Waals surface area contributed by atoms with Crippen LogP contribution in [0.15, 0.2) is 12.3 Å². The SMILES string of the molecule is NC(=O)c1cc(N)cnc1NCCSC(F)(F)F. The van der Waals surface area contributed by atoms with E-state index in [2.05, 4.69) is 10.3 Å². The van der Waals surface area contributed by atoms with Crippen molar-refractivity contribution in [3.8, 4) is 0 Å². The van der Waals surface area contributed by atoms with Gasteiger partial charge >= 0.3 is 5.51 Å². The van der Waals surface area contributed by atoms with Gasteiger partial charge in [0.25, 0.3) is 5.91 Å². The van der Waals surface area contributed by atoms with Crippen molar-refractivity contribution in [3.05, 3.63) is 17.8 Å². The van der Waals surface area contributed by atoms with Crippen LogP contribution in [0.25, 0.3) is 0 Å². The van der Waals surface area contributed by atoms with Crippen LogP contribution in [0.3, 0.4) is 0 Å². The molecule has 0 aromatic carbocycles. The number of nitrogens with one attached hydrogen (secondary N) is 1. The zero-order chi connectivity index (χ0) is 13.8. The van der Waals surface area contributed by atoms with Crippen molar-refractivity contribution in [1.29, 1.82) is 0 Å². The lowest BCUT2D eigenvalue weighted by Gasteiger charge is -2.10. The van der Waals surface area contributed by atoms with Crippen LogP contribution in [0.2, 0.25) is 0 Å². The Morgan fingerprint density at radius 3 is 2.72 bits per heavy atom. The van der Waals surface area contributed by atoms with Crippen molar-refractivity contribution in [1.82, 2.24) is 4.98 Å². The van der Waals surface area contributed by atoms with E-state index in [0.29, 0.717) is 0 Å². The number of nitrogens with zero attached hydrogens (tertiary/aromatic N) is 1. The number of rotatable bonds is 5. The highest BCUT2D eigenvalue weighted by molar-refractivity contribution is 8.00. The minimum absolute atomic E-state index is 0.00136. The van der Waals surface area contributed by atoms with Gasteiger partial charge in [0, 0.05) is 12.3 Å². The molecule has 0 atom stereocenters. The fraction of sp³-hybridized carbons (Fsp3) is 0.333. The van der Waals surface area contributed by atoms with Gasteiger partial charge in [-0.05, 0) is 17.8 Å². The molecule has 9 heteroatoms. The number of aromatic nitrogens is 1. The lowest BCUT2D eigenvalue weighted by molar-refractivity contribution is -0.0327. The smallest absolute Gasteiger partial charge is 0.397 e. The first-order chi connectivity index (χ1) is 8.29. The number of pyridine rings is 1. The Balaban J connectivity index is 2.59. The molecule has 0 bridgehead atoms. The predicted octanol–water partition coefficient (Wildman–Crippen LogP) is 1.43. The summed E-state index contributed by atoms with van der Waals surface area (Å²) in [4.78, 5) is 14.9. The normalized spacial score (nSPS) is 11.3. The second-order valence-corrected chi connectivity index (χ2v) is 4.41. The van der Waals surface area contributed by atoms with E-state index in [9.17, 15) is 18.0 Å². The Kier molecular flexibility index (Phi) is 4.65. The summed E-state index contributed by atoms with van der Waals surface area (Å²) in [6, 6.07) is 1.31. The number of nitrogen functional groups attached to an aromatic ring is 1. The third-order valence-electron chi connectivity index (χ3n) is 1.83. The highest BCUT2D eigenvalue weighted by Crippen LogP contribution is 2.29. The summed E-state index contributed by atoms with van der Waals surface area (Å²) in [5, 5.41) is 2.61. The van der Waals surface area contributed by atoms with Crippen LogP contribution in [0.1, 0.15) is 10.4 Å². The lowest BCUT2D eigenvalue weighted by Crippen LogP contribution is -2.17. The monoisotopic (exact) mass is 280 g/mol. The highest BCUT2D eigenvalue weighted by Gasteiger charge is 2.27. The number of anilines is 2. The Hall–Kier alpha value is -1.64. The molecule has 100 valence electrons. The average Bonchev–Trinajstić information content (AvgIpc) is 2.24. The van der Waals surface area contributed by atoms with Gasteiger partial charge < -0.3 is 16.8 Å². The third kappa shape index (κ3) is 4.70. The standard InChI is InChI=1S/C9H11F3N4OS/c10-9(11,12)18-2-1-15-8-6(7(14)17)3-5(13)4-16-8/h3-4H,1-2,13H2,(H2,14,17)(H,15,16). The molecule has 5 nitrogen and oxygen atoms in total. The molecule has 0 radical (unpaired) electrons. The van der Waals surface area contributed by atoms with E-state index >= 15 is 0 Å². The van der Waals surface area contributed by atoms with Gasteiger partial charge in [-0.3, -0.25) is 4.79 Å². The number of thioether (sulfide) groups is 1. The van der Waals surface area contributed by atoms with Crippen LogP contribution in [-0.2, 0) is 0 Å². The van der Waals surface area contributed by atoms with Crippen molar-refractivity contribution >= 4 is 29.2 Å². The molecule has 1 heterocycles. The quantitative estimate of drug-likeness (QED) is 0.709. The summed E-state index contributed by atoms with van der Waals surface area (Å²) >= 11 is -0.161. The highest BCUT2D eigenvalue weighted by atomic mass is 32.2. The molecule has 0 saturated carbocycles. The maximum atomic E-state index is 11.9. The van der Waals surface area contributed by atoms with E-state index in [1.807, 2.05) is 0 Å². The van der Waals surface area contributed by atoms with E-state index in [-0.39, 0.29) is 41.1 Å². The molecule has 1 rings (SSSR count). The molecule has 0 aliphatic carbocycles. The zero-order valence-electron chi connectivity index (χ0n) is 9.12. The molecule has 18 heavy (non-hydrogen) atoms. The number of amides is 1. The van der Waals surface area contributed by atoms with Crippen LogP contribution < -0.4 is 16.8 Å². The Bertz CT molecular complexity index is 438. The molecule has 0 aliphatic heterocycles. The maximum Gasteiger partial charge on any atom is 0.441 e. The number of hydrogen-bond acceptors (Lipinski definition) is 5.